The van der Waals surface area contributed by atoms with Crippen molar-refractivity contribution in [1.82, 2.24) is 0 Å². The van der Waals surface area contributed by atoms with Gasteiger partial charge in [-0.1, -0.05) is 15.9 Å². The number of carbonyl (C=O) groups excluding carboxylic acids is 2. The molecule has 0 saturated heterocycles. The predicted molar refractivity (Wildman–Crippen MR) is 90.2 cm³/mol. The highest BCUT2D eigenvalue weighted by Gasteiger charge is 2.18. The van der Waals surface area contributed by atoms with Crippen molar-refractivity contribution in [2.45, 2.75) is 13.0 Å². The summed E-state index contributed by atoms with van der Waals surface area (Å²) in [5.74, 6) is -1.21. The quantitative estimate of drug-likeness (QED) is 0.759. The fourth-order valence-corrected chi connectivity index (χ4v) is 2.00. The van der Waals surface area contributed by atoms with Crippen LogP contribution in [0.4, 0.5) is 10.1 Å². The van der Waals surface area contributed by atoms with Crippen molar-refractivity contribution in [3.8, 4) is 5.75 Å². The Labute approximate surface area is 146 Å². The number of amides is 1. The molecule has 0 bridgehead atoms. The molecule has 0 saturated carbocycles. The molecule has 0 aromatic heterocycles. The van der Waals surface area contributed by atoms with Gasteiger partial charge >= 0.3 is 5.97 Å². The van der Waals surface area contributed by atoms with Gasteiger partial charge in [0.25, 0.3) is 5.91 Å². The Balaban J connectivity index is 1.78. The molecule has 0 radical (unpaired) electrons. The third-order valence-electron chi connectivity index (χ3n) is 2.96. The first-order chi connectivity index (χ1) is 11.4. The fourth-order valence-electron chi connectivity index (χ4n) is 1.73. The summed E-state index contributed by atoms with van der Waals surface area (Å²) in [6.07, 6.45) is -0.974. The van der Waals surface area contributed by atoms with Crippen LogP contribution in [-0.4, -0.2) is 24.6 Å². The Morgan fingerprint density at radius 2 is 1.75 bits per heavy atom. The van der Waals surface area contributed by atoms with Gasteiger partial charge in [-0.05, 0) is 55.5 Å². The molecule has 0 spiro atoms. The molecular weight excluding hydrogens is 381 g/mol. The zero-order valence-corrected chi connectivity index (χ0v) is 14.4. The molecule has 5 nitrogen and oxygen atoms in total. The molecule has 1 atom stereocenters. The summed E-state index contributed by atoms with van der Waals surface area (Å²) in [5.41, 5.74) is 0.591. The number of hydrogen-bond acceptors (Lipinski definition) is 4. The molecule has 0 aliphatic rings. The minimum atomic E-state index is -0.974. The molecule has 126 valence electrons. The first-order valence-electron chi connectivity index (χ1n) is 7.08. The number of ether oxygens (including phenoxy) is 2. The van der Waals surface area contributed by atoms with E-state index in [9.17, 15) is 14.0 Å². The van der Waals surface area contributed by atoms with E-state index in [-0.39, 0.29) is 6.61 Å². The normalized spacial score (nSPS) is 11.5. The van der Waals surface area contributed by atoms with E-state index in [0.29, 0.717) is 11.4 Å². The average molecular weight is 396 g/mol. The summed E-state index contributed by atoms with van der Waals surface area (Å²) in [4.78, 5) is 23.6. The SMILES string of the molecule is C[C@@H](OC(=O)COc1ccc(F)cc1)C(=O)Nc1ccc(Br)cc1. The molecule has 0 aliphatic carbocycles. The number of rotatable bonds is 6. The molecule has 2 aromatic rings. The van der Waals surface area contributed by atoms with E-state index < -0.39 is 23.8 Å². The smallest absolute Gasteiger partial charge is 0.344 e. The van der Waals surface area contributed by atoms with Crippen LogP contribution in [-0.2, 0) is 14.3 Å². The van der Waals surface area contributed by atoms with E-state index in [4.69, 9.17) is 9.47 Å². The van der Waals surface area contributed by atoms with Crippen molar-refractivity contribution in [2.75, 3.05) is 11.9 Å². The Hall–Kier alpha value is -2.41. The van der Waals surface area contributed by atoms with Crippen molar-refractivity contribution in [3.05, 3.63) is 58.8 Å². The van der Waals surface area contributed by atoms with Crippen LogP contribution in [0.25, 0.3) is 0 Å². The van der Waals surface area contributed by atoms with Crippen molar-refractivity contribution in [3.63, 3.8) is 0 Å². The molecule has 1 amide bonds. The number of esters is 1. The number of hydrogen-bond donors (Lipinski definition) is 1. The summed E-state index contributed by atoms with van der Waals surface area (Å²) in [6, 6.07) is 12.2. The molecule has 0 heterocycles. The fraction of sp³-hybridized carbons (Fsp3) is 0.176. The maximum absolute atomic E-state index is 12.8. The Bertz CT molecular complexity index is 704. The van der Waals surface area contributed by atoms with Crippen LogP contribution < -0.4 is 10.1 Å². The lowest BCUT2D eigenvalue weighted by Gasteiger charge is -2.14. The highest BCUT2D eigenvalue weighted by atomic mass is 79.9. The summed E-state index contributed by atoms with van der Waals surface area (Å²) in [5, 5.41) is 2.63. The molecule has 7 heteroatoms. The van der Waals surface area contributed by atoms with Crippen LogP contribution in [0.15, 0.2) is 53.0 Å². The van der Waals surface area contributed by atoms with Crippen molar-refractivity contribution in [1.29, 1.82) is 0 Å². The highest BCUT2D eigenvalue weighted by molar-refractivity contribution is 9.10. The van der Waals surface area contributed by atoms with Crippen LogP contribution in [0, 0.1) is 5.82 Å². The van der Waals surface area contributed by atoms with Gasteiger partial charge < -0.3 is 14.8 Å². The average Bonchev–Trinajstić information content (AvgIpc) is 2.56. The van der Waals surface area contributed by atoms with Crippen molar-refractivity contribution in [2.24, 2.45) is 0 Å². The molecule has 2 aromatic carbocycles. The molecule has 0 unspecified atom stereocenters. The molecule has 0 aliphatic heterocycles. The summed E-state index contributed by atoms with van der Waals surface area (Å²) >= 11 is 3.30. The van der Waals surface area contributed by atoms with Gasteiger partial charge in [-0.2, -0.15) is 0 Å². The number of anilines is 1. The standard InChI is InChI=1S/C17H15BrFNO4/c1-11(17(22)20-14-6-2-12(18)3-7-14)24-16(21)10-23-15-8-4-13(19)5-9-15/h2-9,11H,10H2,1H3,(H,20,22)/t11-/m1/s1. The lowest BCUT2D eigenvalue weighted by atomic mass is 10.3. The summed E-state index contributed by atoms with van der Waals surface area (Å²) < 4.78 is 23.8. The van der Waals surface area contributed by atoms with Crippen molar-refractivity contribution >= 4 is 33.5 Å². The second-order valence-corrected chi connectivity index (χ2v) is 5.79. The summed E-state index contributed by atoms with van der Waals surface area (Å²) in [7, 11) is 0. The Morgan fingerprint density at radius 1 is 1.12 bits per heavy atom. The maximum Gasteiger partial charge on any atom is 0.344 e. The van der Waals surface area contributed by atoms with Crippen molar-refractivity contribution < 1.29 is 23.5 Å². The third kappa shape index (κ3) is 5.66. The molecule has 2 rings (SSSR count). The van der Waals surface area contributed by atoms with Gasteiger partial charge in [0.2, 0.25) is 0 Å². The van der Waals surface area contributed by atoms with Crippen LogP contribution in [0.1, 0.15) is 6.92 Å². The van der Waals surface area contributed by atoms with Gasteiger partial charge in [0.15, 0.2) is 12.7 Å². The van der Waals surface area contributed by atoms with E-state index in [1.165, 1.54) is 31.2 Å². The first kappa shape index (κ1) is 17.9. The third-order valence-corrected chi connectivity index (χ3v) is 3.49. The second kappa shape index (κ2) is 8.44. The van der Waals surface area contributed by atoms with Crippen LogP contribution in [0.2, 0.25) is 0 Å². The highest BCUT2D eigenvalue weighted by Crippen LogP contribution is 2.15. The predicted octanol–water partition coefficient (Wildman–Crippen LogP) is 3.54. The zero-order valence-electron chi connectivity index (χ0n) is 12.8. The van der Waals surface area contributed by atoms with Gasteiger partial charge in [-0.15, -0.1) is 0 Å². The second-order valence-electron chi connectivity index (χ2n) is 4.87. The minimum Gasteiger partial charge on any atom is -0.482 e. The monoisotopic (exact) mass is 395 g/mol. The maximum atomic E-state index is 12.8. The Kier molecular flexibility index (Phi) is 6.31. The first-order valence-corrected chi connectivity index (χ1v) is 7.87. The summed E-state index contributed by atoms with van der Waals surface area (Å²) in [6.45, 7) is 1.09. The Morgan fingerprint density at radius 3 is 2.38 bits per heavy atom. The van der Waals surface area contributed by atoms with E-state index in [2.05, 4.69) is 21.2 Å². The van der Waals surface area contributed by atoms with Crippen LogP contribution in [0.5, 0.6) is 5.75 Å². The lowest BCUT2D eigenvalue weighted by molar-refractivity contribution is -0.155. The molecule has 0 fully saturated rings. The van der Waals surface area contributed by atoms with E-state index in [1.54, 1.807) is 24.3 Å². The van der Waals surface area contributed by atoms with E-state index in [0.717, 1.165) is 4.47 Å². The van der Waals surface area contributed by atoms with Gasteiger partial charge in [-0.3, -0.25) is 4.79 Å². The van der Waals surface area contributed by atoms with Gasteiger partial charge in [-0.25, -0.2) is 9.18 Å². The minimum absolute atomic E-state index is 0.334. The van der Waals surface area contributed by atoms with E-state index >= 15 is 0 Å². The molecular formula is C17H15BrFNO4. The van der Waals surface area contributed by atoms with Gasteiger partial charge in [0.1, 0.15) is 11.6 Å². The topological polar surface area (TPSA) is 64.6 Å². The number of carbonyl (C=O) groups is 2. The number of benzene rings is 2. The van der Waals surface area contributed by atoms with Crippen LogP contribution in [0.3, 0.4) is 0 Å². The van der Waals surface area contributed by atoms with Gasteiger partial charge in [0.05, 0.1) is 0 Å². The zero-order chi connectivity index (χ0) is 17.5. The lowest BCUT2D eigenvalue weighted by Crippen LogP contribution is -2.31. The largest absolute Gasteiger partial charge is 0.482 e. The number of nitrogens with one attached hydrogen (secondary N) is 1. The molecule has 1 N–H and O–H groups in total. The number of halogens is 2. The van der Waals surface area contributed by atoms with Gasteiger partial charge in [0, 0.05) is 10.2 Å². The molecule has 24 heavy (non-hydrogen) atoms. The van der Waals surface area contributed by atoms with Crippen LogP contribution >= 0.6 is 15.9 Å². The van der Waals surface area contributed by atoms with E-state index in [1.807, 2.05) is 0 Å².